The Labute approximate surface area is 137 Å². The summed E-state index contributed by atoms with van der Waals surface area (Å²) in [5.74, 6) is 0. The van der Waals surface area contributed by atoms with Crippen molar-refractivity contribution in [2.45, 2.75) is 6.42 Å². The number of fused-ring (bicyclic) bond motifs is 6. The molecular weight excluding hydrogens is 332 g/mol. The van der Waals surface area contributed by atoms with Gasteiger partial charge in [0, 0.05) is 10.9 Å². The molecule has 0 aliphatic heterocycles. The third kappa shape index (κ3) is 1.69. The molecule has 0 fully saturated rings. The van der Waals surface area contributed by atoms with E-state index in [9.17, 15) is 0 Å². The summed E-state index contributed by atoms with van der Waals surface area (Å²) in [6, 6.07) is 22.3. The van der Waals surface area contributed by atoms with Gasteiger partial charge in [0.15, 0.2) is 0 Å². The molecule has 0 saturated heterocycles. The quantitative estimate of drug-likeness (QED) is 0.254. The van der Waals surface area contributed by atoms with Crippen molar-refractivity contribution in [3.05, 3.63) is 76.3 Å². The average molecular weight is 345 g/mol. The minimum atomic E-state index is 1.01. The zero-order valence-corrected chi connectivity index (χ0v) is 13.5. The van der Waals surface area contributed by atoms with Gasteiger partial charge in [-0.2, -0.15) is 0 Å². The van der Waals surface area contributed by atoms with Crippen LogP contribution < -0.4 is 0 Å². The molecule has 22 heavy (non-hydrogen) atoms. The highest BCUT2D eigenvalue weighted by molar-refractivity contribution is 9.11. The maximum Gasteiger partial charge on any atom is 0.00470 e. The van der Waals surface area contributed by atoms with Crippen LogP contribution in [0.4, 0.5) is 0 Å². The first-order valence-corrected chi connectivity index (χ1v) is 8.32. The summed E-state index contributed by atoms with van der Waals surface area (Å²) < 4.78 is 1.27. The van der Waals surface area contributed by atoms with E-state index in [-0.39, 0.29) is 0 Å². The van der Waals surface area contributed by atoms with Crippen LogP contribution in [0.5, 0.6) is 0 Å². The SMILES string of the molecule is BrC1=Cc2c(ccc3c2ccc2cc4ccccc4cc23)C1. The topological polar surface area (TPSA) is 0 Å². The highest BCUT2D eigenvalue weighted by Gasteiger charge is 2.14. The van der Waals surface area contributed by atoms with E-state index in [2.05, 4.69) is 82.7 Å². The second-order valence-corrected chi connectivity index (χ2v) is 7.01. The third-order valence-electron chi connectivity index (χ3n) is 4.68. The van der Waals surface area contributed by atoms with Crippen molar-refractivity contribution in [2.24, 2.45) is 0 Å². The van der Waals surface area contributed by atoms with Crippen LogP contribution in [0.2, 0.25) is 0 Å². The second kappa shape index (κ2) is 4.44. The van der Waals surface area contributed by atoms with Crippen molar-refractivity contribution in [3.63, 3.8) is 0 Å². The summed E-state index contributed by atoms with van der Waals surface area (Å²) >= 11 is 3.65. The van der Waals surface area contributed by atoms with Gasteiger partial charge in [-0.15, -0.1) is 0 Å². The molecule has 4 aromatic rings. The number of benzene rings is 4. The zero-order valence-electron chi connectivity index (χ0n) is 11.9. The Balaban J connectivity index is 1.96. The Kier molecular flexibility index (Phi) is 2.51. The minimum Gasteiger partial charge on any atom is -0.0616 e. The Morgan fingerprint density at radius 3 is 2.32 bits per heavy atom. The molecule has 1 aliphatic carbocycles. The molecule has 0 bridgehead atoms. The van der Waals surface area contributed by atoms with Crippen LogP contribution in [-0.2, 0) is 6.42 Å². The highest BCUT2D eigenvalue weighted by atomic mass is 79.9. The second-order valence-electron chi connectivity index (χ2n) is 5.99. The van der Waals surface area contributed by atoms with E-state index >= 15 is 0 Å². The van der Waals surface area contributed by atoms with E-state index in [0.717, 1.165) is 6.42 Å². The van der Waals surface area contributed by atoms with E-state index in [1.807, 2.05) is 0 Å². The molecule has 0 spiro atoms. The van der Waals surface area contributed by atoms with Crippen LogP contribution in [0.25, 0.3) is 38.4 Å². The summed E-state index contributed by atoms with van der Waals surface area (Å²) in [6.07, 6.45) is 3.28. The van der Waals surface area contributed by atoms with E-state index in [1.165, 1.54) is 47.9 Å². The molecule has 0 unspecified atom stereocenters. The van der Waals surface area contributed by atoms with Crippen molar-refractivity contribution < 1.29 is 0 Å². The molecule has 104 valence electrons. The summed E-state index contributed by atoms with van der Waals surface area (Å²) in [5, 5.41) is 7.97. The molecule has 0 radical (unpaired) electrons. The van der Waals surface area contributed by atoms with Crippen LogP contribution >= 0.6 is 15.9 Å². The fraction of sp³-hybridized carbons (Fsp3) is 0.0476. The standard InChI is InChI=1S/C21H13Br/c22-17-10-16-6-8-18-19(21(16)12-17)7-5-15-9-13-3-1-2-4-14(13)11-20(15)18/h1-9,11-12H,10H2. The fourth-order valence-corrected chi connectivity index (χ4v) is 4.14. The van der Waals surface area contributed by atoms with Crippen LogP contribution in [0.3, 0.4) is 0 Å². The molecule has 5 rings (SSSR count). The summed E-state index contributed by atoms with van der Waals surface area (Å²) in [5.41, 5.74) is 2.79. The number of hydrogen-bond donors (Lipinski definition) is 0. The van der Waals surface area contributed by atoms with E-state index in [4.69, 9.17) is 0 Å². The molecule has 0 N–H and O–H groups in total. The van der Waals surface area contributed by atoms with Gasteiger partial charge in [-0.1, -0.05) is 64.5 Å². The molecule has 1 heteroatoms. The minimum absolute atomic E-state index is 1.01. The maximum atomic E-state index is 3.65. The molecule has 0 atom stereocenters. The lowest BCUT2D eigenvalue weighted by atomic mass is 9.94. The Hall–Kier alpha value is -2.12. The lowest BCUT2D eigenvalue weighted by Crippen LogP contribution is -1.86. The average Bonchev–Trinajstić information content (AvgIpc) is 2.93. The van der Waals surface area contributed by atoms with Gasteiger partial charge in [0.1, 0.15) is 0 Å². The van der Waals surface area contributed by atoms with Gasteiger partial charge in [-0.3, -0.25) is 0 Å². The first kappa shape index (κ1) is 12.4. The molecule has 1 aliphatic rings. The van der Waals surface area contributed by atoms with Crippen molar-refractivity contribution in [1.29, 1.82) is 0 Å². The first-order chi connectivity index (χ1) is 10.8. The molecule has 0 amide bonds. The predicted molar refractivity (Wildman–Crippen MR) is 99.6 cm³/mol. The first-order valence-electron chi connectivity index (χ1n) is 7.53. The fourth-order valence-electron chi connectivity index (χ4n) is 3.61. The van der Waals surface area contributed by atoms with Crippen LogP contribution in [0, 0.1) is 0 Å². The van der Waals surface area contributed by atoms with Gasteiger partial charge < -0.3 is 0 Å². The number of hydrogen-bond acceptors (Lipinski definition) is 0. The lowest BCUT2D eigenvalue weighted by molar-refractivity contribution is 1.31. The van der Waals surface area contributed by atoms with Crippen molar-refractivity contribution in [2.75, 3.05) is 0 Å². The summed E-state index contributed by atoms with van der Waals surface area (Å²) in [7, 11) is 0. The largest absolute Gasteiger partial charge is 0.0616 e. The van der Waals surface area contributed by atoms with Gasteiger partial charge in [-0.25, -0.2) is 0 Å². The van der Waals surface area contributed by atoms with Crippen LogP contribution in [0.15, 0.2) is 65.1 Å². The van der Waals surface area contributed by atoms with Gasteiger partial charge >= 0.3 is 0 Å². The summed E-state index contributed by atoms with van der Waals surface area (Å²) in [6.45, 7) is 0. The normalized spacial score (nSPS) is 13.8. The Morgan fingerprint density at radius 1 is 0.682 bits per heavy atom. The number of rotatable bonds is 0. The third-order valence-corrected chi connectivity index (χ3v) is 5.18. The van der Waals surface area contributed by atoms with Crippen molar-refractivity contribution in [1.82, 2.24) is 0 Å². The lowest BCUT2D eigenvalue weighted by Gasteiger charge is -2.09. The molecule has 0 saturated carbocycles. The van der Waals surface area contributed by atoms with Crippen LogP contribution in [0.1, 0.15) is 11.1 Å². The molecule has 0 heterocycles. The zero-order chi connectivity index (χ0) is 14.7. The number of halogens is 1. The monoisotopic (exact) mass is 344 g/mol. The van der Waals surface area contributed by atoms with Gasteiger partial charge in [-0.05, 0) is 61.7 Å². The Bertz CT molecular complexity index is 1100. The Morgan fingerprint density at radius 2 is 1.45 bits per heavy atom. The van der Waals surface area contributed by atoms with Crippen LogP contribution in [-0.4, -0.2) is 0 Å². The maximum absolute atomic E-state index is 3.65. The van der Waals surface area contributed by atoms with E-state index < -0.39 is 0 Å². The molecule has 0 aromatic heterocycles. The van der Waals surface area contributed by atoms with E-state index in [1.54, 1.807) is 0 Å². The smallest absolute Gasteiger partial charge is 0.00470 e. The van der Waals surface area contributed by atoms with Crippen molar-refractivity contribution in [3.8, 4) is 0 Å². The molecule has 4 aromatic carbocycles. The number of allylic oxidation sites excluding steroid dienone is 1. The van der Waals surface area contributed by atoms with Gasteiger partial charge in [0.25, 0.3) is 0 Å². The van der Waals surface area contributed by atoms with Crippen molar-refractivity contribution >= 4 is 54.3 Å². The molecule has 0 nitrogen and oxygen atoms in total. The summed E-state index contributed by atoms with van der Waals surface area (Å²) in [4.78, 5) is 0. The predicted octanol–water partition coefficient (Wildman–Crippen LogP) is 6.44. The van der Waals surface area contributed by atoms with Gasteiger partial charge in [0.2, 0.25) is 0 Å². The highest BCUT2D eigenvalue weighted by Crippen LogP contribution is 2.37. The molecular formula is C21H13Br. The van der Waals surface area contributed by atoms with Gasteiger partial charge in [0.05, 0.1) is 0 Å². The van der Waals surface area contributed by atoms with E-state index in [0.29, 0.717) is 0 Å².